The molecule has 1 heterocycles. The van der Waals surface area contributed by atoms with Gasteiger partial charge >= 0.3 is 0 Å². The van der Waals surface area contributed by atoms with E-state index >= 15 is 0 Å². The highest BCUT2D eigenvalue weighted by Crippen LogP contribution is 2.19. The smallest absolute Gasteiger partial charge is 0.251 e. The molecule has 0 radical (unpaired) electrons. The Kier molecular flexibility index (Phi) is 9.96. The van der Waals surface area contributed by atoms with Gasteiger partial charge in [-0.15, -0.1) is 0 Å². The van der Waals surface area contributed by atoms with Gasteiger partial charge in [-0.1, -0.05) is 24.3 Å². The molecule has 190 valence electrons. The summed E-state index contributed by atoms with van der Waals surface area (Å²) in [4.78, 5) is 26.0. The van der Waals surface area contributed by atoms with Gasteiger partial charge in [-0.05, 0) is 42.7 Å². The van der Waals surface area contributed by atoms with Gasteiger partial charge < -0.3 is 20.1 Å². The Morgan fingerprint density at radius 2 is 1.89 bits per heavy atom. The number of methoxy groups -OCH3 is 1. The maximum atomic E-state index is 13.0. The average molecular weight is 522 g/mol. The zero-order valence-electron chi connectivity index (χ0n) is 19.9. The van der Waals surface area contributed by atoms with Crippen LogP contribution in [0.15, 0.2) is 53.4 Å². The van der Waals surface area contributed by atoms with Crippen LogP contribution in [-0.2, 0) is 26.1 Å². The molecule has 35 heavy (non-hydrogen) atoms. The summed E-state index contributed by atoms with van der Waals surface area (Å²) in [5, 5.41) is 5.63. The molecule has 1 aliphatic heterocycles. The number of nitrogens with one attached hydrogen (secondary N) is 2. The predicted octanol–water partition coefficient (Wildman–Crippen LogP) is 1.88. The molecule has 0 aromatic heterocycles. The van der Waals surface area contributed by atoms with Crippen molar-refractivity contribution in [3.05, 3.63) is 59.7 Å². The van der Waals surface area contributed by atoms with Crippen LogP contribution in [0.1, 0.15) is 22.3 Å². The highest BCUT2D eigenvalue weighted by molar-refractivity contribution is 7.98. The number of rotatable bonds is 11. The van der Waals surface area contributed by atoms with E-state index in [1.165, 1.54) is 28.6 Å². The highest BCUT2D eigenvalue weighted by atomic mass is 32.2. The summed E-state index contributed by atoms with van der Waals surface area (Å²) in [5.41, 5.74) is 0.991. The second kappa shape index (κ2) is 12.9. The summed E-state index contributed by atoms with van der Waals surface area (Å²) in [7, 11) is -2.18. The first-order valence-corrected chi connectivity index (χ1v) is 14.1. The van der Waals surface area contributed by atoms with Crippen LogP contribution in [0.4, 0.5) is 0 Å². The molecule has 1 aliphatic rings. The van der Waals surface area contributed by atoms with Crippen LogP contribution in [0, 0.1) is 0 Å². The number of hydrogen-bond acceptors (Lipinski definition) is 7. The van der Waals surface area contributed by atoms with Gasteiger partial charge in [0.15, 0.2) is 0 Å². The van der Waals surface area contributed by atoms with Gasteiger partial charge in [0.05, 0.1) is 25.2 Å². The lowest BCUT2D eigenvalue weighted by molar-refractivity contribution is -0.123. The summed E-state index contributed by atoms with van der Waals surface area (Å²) < 4.78 is 37.8. The standard InChI is InChI=1S/C24H31N3O6S2/c1-32-22-9-4-3-6-19(22)17-25-24(29)21(10-15-34-2)26-23(28)18-7-5-8-20(16-18)35(30,31)27-11-13-33-14-12-27/h3-9,16,21H,10-15,17H2,1-2H3,(H,25,29)(H,26,28). The van der Waals surface area contributed by atoms with Gasteiger partial charge in [-0.2, -0.15) is 16.1 Å². The largest absolute Gasteiger partial charge is 0.496 e. The van der Waals surface area contributed by atoms with Crippen LogP contribution < -0.4 is 15.4 Å². The Morgan fingerprint density at radius 3 is 2.60 bits per heavy atom. The van der Waals surface area contributed by atoms with Crippen molar-refractivity contribution in [3.8, 4) is 5.75 Å². The zero-order valence-corrected chi connectivity index (χ0v) is 21.5. The number of morpholine rings is 1. The van der Waals surface area contributed by atoms with Crippen molar-refractivity contribution in [1.82, 2.24) is 14.9 Å². The van der Waals surface area contributed by atoms with E-state index in [-0.39, 0.29) is 36.0 Å². The van der Waals surface area contributed by atoms with E-state index < -0.39 is 22.0 Å². The Bertz CT molecular complexity index is 1120. The van der Waals surface area contributed by atoms with Gasteiger partial charge in [0.2, 0.25) is 15.9 Å². The van der Waals surface area contributed by atoms with E-state index in [1.54, 1.807) is 18.9 Å². The Morgan fingerprint density at radius 1 is 1.14 bits per heavy atom. The fraction of sp³-hybridized carbons (Fsp3) is 0.417. The van der Waals surface area contributed by atoms with E-state index in [4.69, 9.17) is 9.47 Å². The minimum absolute atomic E-state index is 0.0355. The van der Waals surface area contributed by atoms with E-state index in [0.717, 1.165) is 5.56 Å². The molecule has 0 saturated carbocycles. The van der Waals surface area contributed by atoms with Gasteiger partial charge in [0, 0.05) is 30.8 Å². The van der Waals surface area contributed by atoms with Crippen molar-refractivity contribution in [1.29, 1.82) is 0 Å². The summed E-state index contributed by atoms with van der Waals surface area (Å²) >= 11 is 1.57. The molecule has 9 nitrogen and oxygen atoms in total. The molecule has 2 amide bonds. The van der Waals surface area contributed by atoms with Crippen molar-refractivity contribution < 1.29 is 27.5 Å². The molecule has 3 rings (SSSR count). The zero-order chi connectivity index (χ0) is 25.3. The number of hydrogen-bond donors (Lipinski definition) is 2. The number of amides is 2. The average Bonchev–Trinajstić information content (AvgIpc) is 2.90. The lowest BCUT2D eigenvalue weighted by Crippen LogP contribution is -2.47. The fourth-order valence-corrected chi connectivity index (χ4v) is 5.56. The van der Waals surface area contributed by atoms with Crippen molar-refractivity contribution in [2.45, 2.75) is 23.9 Å². The normalized spacial score (nSPS) is 15.3. The molecule has 2 N–H and O–H groups in total. The Labute approximate surface area is 210 Å². The van der Waals surface area contributed by atoms with Crippen molar-refractivity contribution >= 4 is 33.6 Å². The minimum atomic E-state index is -3.74. The summed E-state index contributed by atoms with van der Waals surface area (Å²) in [6.45, 7) is 1.45. The van der Waals surface area contributed by atoms with Crippen LogP contribution in [0.5, 0.6) is 5.75 Å². The fourth-order valence-electron chi connectivity index (χ4n) is 3.63. The van der Waals surface area contributed by atoms with E-state index in [9.17, 15) is 18.0 Å². The van der Waals surface area contributed by atoms with E-state index in [1.807, 2.05) is 30.5 Å². The van der Waals surface area contributed by atoms with Gasteiger partial charge in [-0.25, -0.2) is 8.42 Å². The lowest BCUT2D eigenvalue weighted by Gasteiger charge is -2.26. The van der Waals surface area contributed by atoms with Gasteiger partial charge in [0.25, 0.3) is 5.91 Å². The number of ether oxygens (including phenoxy) is 2. The van der Waals surface area contributed by atoms with Crippen LogP contribution in [0.2, 0.25) is 0 Å². The molecule has 0 spiro atoms. The molecule has 0 bridgehead atoms. The Balaban J connectivity index is 1.71. The third-order valence-electron chi connectivity index (χ3n) is 5.58. The van der Waals surface area contributed by atoms with Crippen LogP contribution in [0.3, 0.4) is 0 Å². The predicted molar refractivity (Wildman–Crippen MR) is 135 cm³/mol. The molecular formula is C24H31N3O6S2. The lowest BCUT2D eigenvalue weighted by atomic mass is 10.1. The first-order valence-electron chi connectivity index (χ1n) is 11.2. The number of carbonyl (C=O) groups excluding carboxylic acids is 2. The van der Waals surface area contributed by atoms with Gasteiger partial charge in [-0.3, -0.25) is 9.59 Å². The first kappa shape index (κ1) is 27.0. The molecule has 1 unspecified atom stereocenters. The van der Waals surface area contributed by atoms with E-state index in [2.05, 4.69) is 10.6 Å². The number of sulfonamides is 1. The van der Waals surface area contributed by atoms with Crippen molar-refractivity contribution in [2.24, 2.45) is 0 Å². The molecule has 1 fully saturated rings. The van der Waals surface area contributed by atoms with Crippen LogP contribution in [-0.4, -0.2) is 76.0 Å². The summed E-state index contributed by atoms with van der Waals surface area (Å²) in [5.74, 6) is 0.493. The number of para-hydroxylation sites is 1. The second-order valence-corrected chi connectivity index (χ2v) is 10.8. The monoisotopic (exact) mass is 521 g/mol. The van der Waals surface area contributed by atoms with Crippen molar-refractivity contribution in [2.75, 3.05) is 45.4 Å². The molecular weight excluding hydrogens is 490 g/mol. The maximum absolute atomic E-state index is 13.0. The molecule has 1 saturated heterocycles. The number of carbonyl (C=O) groups is 2. The highest BCUT2D eigenvalue weighted by Gasteiger charge is 2.27. The number of benzene rings is 2. The third kappa shape index (κ3) is 7.20. The molecule has 1 atom stereocenters. The SMILES string of the molecule is COc1ccccc1CNC(=O)C(CCSC)NC(=O)c1cccc(S(=O)(=O)N2CCOCC2)c1. The molecule has 11 heteroatoms. The molecule has 2 aromatic rings. The minimum Gasteiger partial charge on any atom is -0.496 e. The van der Waals surface area contributed by atoms with Crippen molar-refractivity contribution in [3.63, 3.8) is 0 Å². The summed E-state index contributed by atoms with van der Waals surface area (Å²) in [6, 6.07) is 12.5. The van der Waals surface area contributed by atoms with E-state index in [0.29, 0.717) is 31.1 Å². The van der Waals surface area contributed by atoms with Crippen LogP contribution in [0.25, 0.3) is 0 Å². The first-order chi connectivity index (χ1) is 16.9. The third-order valence-corrected chi connectivity index (χ3v) is 8.12. The Hall–Kier alpha value is -2.60. The molecule has 2 aromatic carbocycles. The quantitative estimate of drug-likeness (QED) is 0.464. The second-order valence-electron chi connectivity index (χ2n) is 7.88. The van der Waals surface area contributed by atoms with Crippen LogP contribution >= 0.6 is 11.8 Å². The van der Waals surface area contributed by atoms with Gasteiger partial charge in [0.1, 0.15) is 11.8 Å². The number of nitrogens with zero attached hydrogens (tertiary/aromatic N) is 1. The maximum Gasteiger partial charge on any atom is 0.251 e. The summed E-state index contributed by atoms with van der Waals surface area (Å²) in [6.07, 6.45) is 2.35. The molecule has 0 aliphatic carbocycles. The topological polar surface area (TPSA) is 114 Å². The number of thioether (sulfide) groups is 1.